The van der Waals surface area contributed by atoms with Gasteiger partial charge >= 0.3 is 6.18 Å². The Morgan fingerprint density at radius 2 is 1.78 bits per heavy atom. The highest BCUT2D eigenvalue weighted by Crippen LogP contribution is 2.61. The van der Waals surface area contributed by atoms with Crippen LogP contribution in [0.25, 0.3) is 0 Å². The van der Waals surface area contributed by atoms with Crippen molar-refractivity contribution in [1.29, 1.82) is 0 Å². The minimum Gasteiger partial charge on any atom is -0.456 e. The molecule has 0 aromatic rings. The molecule has 5 fully saturated rings. The fourth-order valence-corrected chi connectivity index (χ4v) is 6.47. The van der Waals surface area contributed by atoms with Crippen molar-refractivity contribution in [2.75, 3.05) is 45.9 Å². The molecule has 7 nitrogen and oxygen atoms in total. The van der Waals surface area contributed by atoms with E-state index in [0.717, 1.165) is 25.9 Å². The average molecular weight is 463 g/mol. The number of rotatable bonds is 4. The summed E-state index contributed by atoms with van der Waals surface area (Å²) in [5.41, 5.74) is -0.796. The molecule has 32 heavy (non-hydrogen) atoms. The number of hydrogen-bond acceptors (Lipinski definition) is 7. The monoisotopic (exact) mass is 462 g/mol. The van der Waals surface area contributed by atoms with Crippen molar-refractivity contribution in [1.82, 2.24) is 9.80 Å². The average Bonchev–Trinajstić information content (AvgIpc) is 2.97. The van der Waals surface area contributed by atoms with Crippen LogP contribution in [0.4, 0.5) is 13.2 Å². The molecule has 5 aliphatic heterocycles. The largest absolute Gasteiger partial charge is 0.456 e. The summed E-state index contributed by atoms with van der Waals surface area (Å²) in [6, 6.07) is 0. The van der Waals surface area contributed by atoms with E-state index in [-0.39, 0.29) is 30.6 Å². The Labute approximate surface area is 186 Å². The number of allylic oxidation sites excluding steroid dienone is 1. The van der Waals surface area contributed by atoms with Gasteiger partial charge in [0.2, 0.25) is 17.8 Å². The van der Waals surface area contributed by atoms with E-state index in [4.69, 9.17) is 24.4 Å². The third-order valence-corrected chi connectivity index (χ3v) is 8.19. The van der Waals surface area contributed by atoms with Gasteiger partial charge in [0.05, 0.1) is 6.61 Å². The summed E-state index contributed by atoms with van der Waals surface area (Å²) in [5, 5.41) is 9.16. The smallest absolute Gasteiger partial charge is 0.449 e. The van der Waals surface area contributed by atoms with Crippen LogP contribution >= 0.6 is 0 Å². The first-order valence-corrected chi connectivity index (χ1v) is 11.7. The number of ether oxygens (including phenoxy) is 2. The molecule has 0 aromatic heterocycles. The number of alkyl halides is 3. The van der Waals surface area contributed by atoms with Crippen LogP contribution < -0.4 is 0 Å². The third-order valence-electron chi connectivity index (χ3n) is 8.19. The van der Waals surface area contributed by atoms with E-state index in [1.54, 1.807) is 6.92 Å². The molecule has 6 aliphatic rings. The van der Waals surface area contributed by atoms with E-state index in [1.807, 2.05) is 4.90 Å². The van der Waals surface area contributed by atoms with E-state index in [0.29, 0.717) is 32.5 Å². The number of hydrogen-bond donors (Lipinski definition) is 1. The molecule has 10 heteroatoms. The summed E-state index contributed by atoms with van der Waals surface area (Å²) in [6.45, 7) is 7.42. The number of halogens is 3. The van der Waals surface area contributed by atoms with Crippen molar-refractivity contribution in [3.8, 4) is 0 Å². The van der Waals surface area contributed by atoms with Gasteiger partial charge < -0.3 is 14.6 Å². The van der Waals surface area contributed by atoms with E-state index in [1.165, 1.54) is 0 Å². The second-order valence-corrected chi connectivity index (χ2v) is 10.2. The van der Waals surface area contributed by atoms with Crippen molar-refractivity contribution in [2.45, 2.75) is 63.4 Å². The lowest BCUT2D eigenvalue weighted by Crippen LogP contribution is -2.68. The summed E-state index contributed by atoms with van der Waals surface area (Å²) in [4.78, 5) is 15.9. The maximum atomic E-state index is 14.2. The van der Waals surface area contributed by atoms with E-state index < -0.39 is 35.5 Å². The Balaban J connectivity index is 1.50. The zero-order chi connectivity index (χ0) is 22.7. The summed E-state index contributed by atoms with van der Waals surface area (Å²) in [7, 11) is 0. The Morgan fingerprint density at radius 3 is 2.47 bits per heavy atom. The summed E-state index contributed by atoms with van der Waals surface area (Å²) >= 11 is 0. The van der Waals surface area contributed by atoms with Gasteiger partial charge in [-0.2, -0.15) is 13.2 Å². The van der Waals surface area contributed by atoms with Crippen LogP contribution in [0.2, 0.25) is 0 Å². The van der Waals surface area contributed by atoms with Crippen LogP contribution in [0.1, 0.15) is 39.5 Å². The van der Waals surface area contributed by atoms with Gasteiger partial charge in [-0.05, 0) is 37.7 Å². The Bertz CT molecular complexity index is 756. The van der Waals surface area contributed by atoms with Gasteiger partial charge in [-0.1, -0.05) is 6.92 Å². The van der Waals surface area contributed by atoms with Crippen LogP contribution in [0, 0.1) is 17.8 Å². The summed E-state index contributed by atoms with van der Waals surface area (Å²) < 4.78 is 54.4. The predicted octanol–water partition coefficient (Wildman–Crippen LogP) is 2.66. The van der Waals surface area contributed by atoms with Gasteiger partial charge in [0.25, 0.3) is 0 Å². The molecule has 0 aromatic carbocycles. The van der Waals surface area contributed by atoms with Gasteiger partial charge in [-0.25, -0.2) is 9.78 Å². The predicted molar refractivity (Wildman–Crippen MR) is 107 cm³/mol. The number of fused-ring (bicyclic) bond motifs is 2. The van der Waals surface area contributed by atoms with Crippen LogP contribution in [0.15, 0.2) is 11.3 Å². The highest BCUT2D eigenvalue weighted by molar-refractivity contribution is 5.29. The van der Waals surface area contributed by atoms with E-state index in [2.05, 4.69) is 11.8 Å². The Hall–Kier alpha value is -0.910. The van der Waals surface area contributed by atoms with E-state index >= 15 is 0 Å². The maximum Gasteiger partial charge on any atom is 0.449 e. The minimum atomic E-state index is -4.61. The molecule has 0 amide bonds. The van der Waals surface area contributed by atoms with Gasteiger partial charge in [-0.15, -0.1) is 0 Å². The highest BCUT2D eigenvalue weighted by Gasteiger charge is 2.70. The second kappa shape index (κ2) is 8.09. The molecule has 1 N–H and O–H groups in total. The fourth-order valence-electron chi connectivity index (χ4n) is 6.47. The molecule has 4 saturated heterocycles. The van der Waals surface area contributed by atoms with Crippen LogP contribution in [0.5, 0.6) is 0 Å². The van der Waals surface area contributed by atoms with Gasteiger partial charge in [0.1, 0.15) is 0 Å². The topological polar surface area (TPSA) is 63.6 Å². The standard InChI is InChI=1S/C22H33F3N2O5/c1-14-3-4-17-15(13-27-9-7-26(8-10-27)11-12-28)18(22(23,24)25)29-19-21(17)16(14)5-6-20(2,30-19)31-32-21/h14,16-17,19,28H,3-13H2,1-2H3/t14-,16+,17+,19-,20+,21-/m1/s1. The molecular formula is C22H33F3N2O5. The fraction of sp³-hybridized carbons (Fsp3) is 0.909. The summed E-state index contributed by atoms with van der Waals surface area (Å²) in [5.74, 6) is -2.21. The van der Waals surface area contributed by atoms with Gasteiger partial charge in [0, 0.05) is 57.5 Å². The van der Waals surface area contributed by atoms with Crippen LogP contribution in [-0.2, 0) is 19.2 Å². The Morgan fingerprint density at radius 1 is 1.06 bits per heavy atom. The SMILES string of the molecule is C[C@@H]1CC[C@H]2C(CN3CCN(CCO)CC3)=C(C(F)(F)F)O[C@@H]3O[C@]4(C)CC[C@@H]1[C@]32OO4. The molecule has 6 rings (SSSR count). The third kappa shape index (κ3) is 3.67. The number of aliphatic hydroxyl groups excluding tert-OH is 1. The molecule has 2 bridgehead atoms. The molecule has 0 radical (unpaired) electrons. The number of β-amino-alcohol motifs (C(OH)–C–C–N with tert-alkyl or cyclic N) is 1. The first kappa shape index (κ1) is 22.9. The highest BCUT2D eigenvalue weighted by atomic mass is 19.4. The van der Waals surface area contributed by atoms with Gasteiger partial charge in [0.15, 0.2) is 5.60 Å². The lowest BCUT2D eigenvalue weighted by Gasteiger charge is -2.57. The van der Waals surface area contributed by atoms with E-state index in [9.17, 15) is 13.2 Å². The zero-order valence-electron chi connectivity index (χ0n) is 18.7. The normalized spacial score (nSPS) is 43.1. The second-order valence-electron chi connectivity index (χ2n) is 10.2. The molecule has 182 valence electrons. The first-order valence-electron chi connectivity index (χ1n) is 11.7. The molecule has 5 heterocycles. The zero-order valence-corrected chi connectivity index (χ0v) is 18.7. The van der Waals surface area contributed by atoms with Crippen molar-refractivity contribution in [3.63, 3.8) is 0 Å². The number of aliphatic hydroxyl groups is 1. The molecule has 6 atom stereocenters. The van der Waals surface area contributed by atoms with Crippen LogP contribution in [0.3, 0.4) is 0 Å². The molecule has 0 unspecified atom stereocenters. The number of nitrogens with zero attached hydrogens (tertiary/aromatic N) is 2. The molecule has 1 aliphatic carbocycles. The van der Waals surface area contributed by atoms with Gasteiger partial charge in [-0.3, -0.25) is 9.80 Å². The van der Waals surface area contributed by atoms with Crippen molar-refractivity contribution < 1.29 is 37.5 Å². The van der Waals surface area contributed by atoms with Crippen molar-refractivity contribution >= 4 is 0 Å². The lowest BCUT2D eigenvalue weighted by atomic mass is 9.59. The first-order chi connectivity index (χ1) is 15.2. The lowest BCUT2D eigenvalue weighted by molar-refractivity contribution is -0.557. The molecule has 1 spiro atoms. The van der Waals surface area contributed by atoms with Crippen molar-refractivity contribution in [2.24, 2.45) is 17.8 Å². The Kier molecular flexibility index (Phi) is 5.78. The van der Waals surface area contributed by atoms with Crippen LogP contribution in [-0.4, -0.2) is 84.6 Å². The number of piperazine rings is 1. The minimum absolute atomic E-state index is 0.00163. The quantitative estimate of drug-likeness (QED) is 0.645. The molecule has 1 saturated carbocycles. The maximum absolute atomic E-state index is 14.2. The molecular weight excluding hydrogens is 429 g/mol. The summed E-state index contributed by atoms with van der Waals surface area (Å²) in [6.07, 6.45) is -3.00. The van der Waals surface area contributed by atoms with Crippen molar-refractivity contribution in [3.05, 3.63) is 11.3 Å².